The Morgan fingerprint density at radius 1 is 1.00 bits per heavy atom. The number of para-hydroxylation sites is 1. The first-order valence-corrected chi connectivity index (χ1v) is 8.84. The van der Waals surface area contributed by atoms with E-state index in [0.29, 0.717) is 24.1 Å². The maximum absolute atomic E-state index is 12.4. The summed E-state index contributed by atoms with van der Waals surface area (Å²) < 4.78 is 5.32. The van der Waals surface area contributed by atoms with Gasteiger partial charge in [0.15, 0.2) is 0 Å². The van der Waals surface area contributed by atoms with E-state index in [9.17, 15) is 14.4 Å². The molecule has 3 rings (SSSR count). The van der Waals surface area contributed by atoms with Crippen LogP contribution in [-0.4, -0.2) is 54.8 Å². The highest BCUT2D eigenvalue weighted by molar-refractivity contribution is 6.21. The molecule has 0 N–H and O–H groups in total. The van der Waals surface area contributed by atoms with Gasteiger partial charge in [-0.1, -0.05) is 30.3 Å². The number of amides is 3. The molecule has 1 aliphatic heterocycles. The van der Waals surface area contributed by atoms with Crippen molar-refractivity contribution >= 4 is 17.7 Å². The zero-order chi connectivity index (χ0) is 19.4. The van der Waals surface area contributed by atoms with Gasteiger partial charge in [-0.05, 0) is 30.2 Å². The molecular formula is C21H22N2O4. The number of likely N-dealkylation sites (N-methyl/N-ethyl adjacent to an activating group) is 1. The maximum atomic E-state index is 12.4. The van der Waals surface area contributed by atoms with Crippen LogP contribution in [0.3, 0.4) is 0 Å². The van der Waals surface area contributed by atoms with Crippen molar-refractivity contribution in [2.75, 3.05) is 27.2 Å². The molecule has 0 saturated heterocycles. The van der Waals surface area contributed by atoms with Gasteiger partial charge in [0.1, 0.15) is 5.75 Å². The Morgan fingerprint density at radius 3 is 2.22 bits per heavy atom. The number of hydrogen-bond acceptors (Lipinski definition) is 4. The molecule has 2 aromatic rings. The summed E-state index contributed by atoms with van der Waals surface area (Å²) in [6.07, 6.45) is 0.771. The van der Waals surface area contributed by atoms with E-state index in [2.05, 4.69) is 0 Å². The smallest absolute Gasteiger partial charge is 0.261 e. The van der Waals surface area contributed by atoms with Crippen LogP contribution in [0.2, 0.25) is 0 Å². The topological polar surface area (TPSA) is 66.9 Å². The first-order valence-electron chi connectivity index (χ1n) is 8.84. The van der Waals surface area contributed by atoms with Crippen LogP contribution in [0.5, 0.6) is 5.75 Å². The van der Waals surface area contributed by atoms with Crippen LogP contribution in [0.25, 0.3) is 0 Å². The minimum Gasteiger partial charge on any atom is -0.496 e. The molecule has 0 saturated carbocycles. The lowest BCUT2D eigenvalue weighted by atomic mass is 10.1. The number of fused-ring (bicyclic) bond motifs is 1. The highest BCUT2D eigenvalue weighted by Crippen LogP contribution is 2.22. The molecule has 2 aromatic carbocycles. The van der Waals surface area contributed by atoms with Crippen molar-refractivity contribution < 1.29 is 19.1 Å². The second-order valence-corrected chi connectivity index (χ2v) is 6.43. The number of ether oxygens (including phenoxy) is 1. The number of nitrogens with zero attached hydrogens (tertiary/aromatic N) is 2. The van der Waals surface area contributed by atoms with Gasteiger partial charge in [0.25, 0.3) is 11.8 Å². The van der Waals surface area contributed by atoms with Gasteiger partial charge in [-0.15, -0.1) is 0 Å². The van der Waals surface area contributed by atoms with E-state index in [0.717, 1.165) is 16.2 Å². The molecule has 27 heavy (non-hydrogen) atoms. The molecule has 3 amide bonds. The van der Waals surface area contributed by atoms with Crippen molar-refractivity contribution in [2.24, 2.45) is 0 Å². The zero-order valence-electron chi connectivity index (χ0n) is 15.5. The Labute approximate surface area is 158 Å². The minimum absolute atomic E-state index is 0.0875. The summed E-state index contributed by atoms with van der Waals surface area (Å²) in [6.45, 7) is 0.617. The lowest BCUT2D eigenvalue weighted by molar-refractivity contribution is -0.129. The number of rotatable bonds is 7. The molecular weight excluding hydrogens is 344 g/mol. The van der Waals surface area contributed by atoms with Crippen LogP contribution >= 0.6 is 0 Å². The first-order chi connectivity index (χ1) is 13.0. The SMILES string of the molecule is COc1ccccc1CCN(C)C(=O)CCN1C(=O)c2ccccc2C1=O. The van der Waals surface area contributed by atoms with E-state index in [1.807, 2.05) is 24.3 Å². The van der Waals surface area contributed by atoms with E-state index in [-0.39, 0.29) is 30.7 Å². The Bertz CT molecular complexity index is 843. The van der Waals surface area contributed by atoms with Gasteiger partial charge in [-0.25, -0.2) is 0 Å². The monoisotopic (exact) mass is 366 g/mol. The van der Waals surface area contributed by atoms with Crippen LogP contribution in [-0.2, 0) is 11.2 Å². The molecule has 0 bridgehead atoms. The van der Waals surface area contributed by atoms with E-state index < -0.39 is 0 Å². The fourth-order valence-electron chi connectivity index (χ4n) is 3.16. The fourth-order valence-corrected chi connectivity index (χ4v) is 3.16. The van der Waals surface area contributed by atoms with Gasteiger partial charge < -0.3 is 9.64 Å². The first kappa shape index (κ1) is 18.6. The molecule has 0 fully saturated rings. The average molecular weight is 366 g/mol. The predicted molar refractivity (Wildman–Crippen MR) is 101 cm³/mol. The van der Waals surface area contributed by atoms with Crippen molar-refractivity contribution in [1.82, 2.24) is 9.80 Å². The largest absolute Gasteiger partial charge is 0.496 e. The van der Waals surface area contributed by atoms with Crippen molar-refractivity contribution in [3.63, 3.8) is 0 Å². The van der Waals surface area contributed by atoms with Crippen LogP contribution in [0, 0.1) is 0 Å². The molecule has 140 valence electrons. The molecule has 0 unspecified atom stereocenters. The summed E-state index contributed by atoms with van der Waals surface area (Å²) >= 11 is 0. The molecule has 0 spiro atoms. The minimum atomic E-state index is -0.333. The van der Waals surface area contributed by atoms with Crippen LogP contribution in [0.1, 0.15) is 32.7 Å². The number of imide groups is 1. The lowest BCUT2D eigenvalue weighted by Crippen LogP contribution is -2.36. The molecule has 6 heteroatoms. The fraction of sp³-hybridized carbons (Fsp3) is 0.286. The van der Waals surface area contributed by atoms with Crippen molar-refractivity contribution in [3.05, 3.63) is 65.2 Å². The Hall–Kier alpha value is -3.15. The molecule has 0 radical (unpaired) electrons. The Balaban J connectivity index is 1.54. The van der Waals surface area contributed by atoms with E-state index in [1.54, 1.807) is 43.3 Å². The predicted octanol–water partition coefficient (Wildman–Crippen LogP) is 2.38. The number of carbonyl (C=O) groups excluding carboxylic acids is 3. The quantitative estimate of drug-likeness (QED) is 0.706. The highest BCUT2D eigenvalue weighted by atomic mass is 16.5. The van der Waals surface area contributed by atoms with Gasteiger partial charge in [0.05, 0.1) is 18.2 Å². The molecule has 0 aliphatic carbocycles. The van der Waals surface area contributed by atoms with Gasteiger partial charge in [0, 0.05) is 26.6 Å². The van der Waals surface area contributed by atoms with Crippen LogP contribution in [0.15, 0.2) is 48.5 Å². The third-order valence-electron chi connectivity index (χ3n) is 4.76. The van der Waals surface area contributed by atoms with Crippen molar-refractivity contribution in [2.45, 2.75) is 12.8 Å². The second kappa shape index (κ2) is 8.03. The molecule has 0 aromatic heterocycles. The number of carbonyl (C=O) groups is 3. The summed E-state index contributed by atoms with van der Waals surface area (Å²) in [5, 5.41) is 0. The summed E-state index contributed by atoms with van der Waals surface area (Å²) in [4.78, 5) is 39.8. The van der Waals surface area contributed by atoms with Gasteiger partial charge >= 0.3 is 0 Å². The van der Waals surface area contributed by atoms with E-state index >= 15 is 0 Å². The number of methoxy groups -OCH3 is 1. The summed E-state index contributed by atoms with van der Waals surface area (Å²) in [6, 6.07) is 14.4. The van der Waals surface area contributed by atoms with Crippen molar-refractivity contribution in [1.29, 1.82) is 0 Å². The Morgan fingerprint density at radius 2 is 1.59 bits per heavy atom. The summed E-state index contributed by atoms with van der Waals surface area (Å²) in [5.41, 5.74) is 1.83. The lowest BCUT2D eigenvalue weighted by Gasteiger charge is -2.20. The normalized spacial score (nSPS) is 12.9. The third kappa shape index (κ3) is 3.84. The second-order valence-electron chi connectivity index (χ2n) is 6.43. The van der Waals surface area contributed by atoms with Crippen molar-refractivity contribution in [3.8, 4) is 5.75 Å². The number of benzene rings is 2. The third-order valence-corrected chi connectivity index (χ3v) is 4.76. The zero-order valence-corrected chi connectivity index (χ0v) is 15.5. The van der Waals surface area contributed by atoms with Gasteiger partial charge in [-0.2, -0.15) is 0 Å². The maximum Gasteiger partial charge on any atom is 0.261 e. The molecule has 1 heterocycles. The van der Waals surface area contributed by atoms with Crippen LogP contribution in [0.4, 0.5) is 0 Å². The summed E-state index contributed by atoms with van der Waals surface area (Å²) in [5.74, 6) is 0.0194. The molecule has 0 atom stereocenters. The summed E-state index contributed by atoms with van der Waals surface area (Å²) in [7, 11) is 3.34. The Kier molecular flexibility index (Phi) is 5.54. The average Bonchev–Trinajstić information content (AvgIpc) is 2.95. The van der Waals surface area contributed by atoms with Gasteiger partial charge in [0.2, 0.25) is 5.91 Å². The van der Waals surface area contributed by atoms with Gasteiger partial charge in [-0.3, -0.25) is 19.3 Å². The van der Waals surface area contributed by atoms with E-state index in [4.69, 9.17) is 4.74 Å². The van der Waals surface area contributed by atoms with E-state index in [1.165, 1.54) is 0 Å². The van der Waals surface area contributed by atoms with Crippen LogP contribution < -0.4 is 4.74 Å². The molecule has 6 nitrogen and oxygen atoms in total. The molecule has 1 aliphatic rings. The standard InChI is InChI=1S/C21H22N2O4/c1-22(13-11-15-7-3-6-10-18(15)27-2)19(24)12-14-23-20(25)16-8-4-5-9-17(16)21(23)26/h3-10H,11-14H2,1-2H3. The highest BCUT2D eigenvalue weighted by Gasteiger charge is 2.35. The number of hydrogen-bond donors (Lipinski definition) is 0.